The van der Waals surface area contributed by atoms with E-state index in [1.807, 2.05) is 0 Å². The lowest BCUT2D eigenvalue weighted by Gasteiger charge is -2.16. The van der Waals surface area contributed by atoms with Crippen molar-refractivity contribution in [3.8, 4) is 0 Å². The SMILES string of the molecule is CCCCCCCCCCCCC(=O)N[C@@H](CC(=O)O)C(=O)OCCCCCCCCCC(C)C. The summed E-state index contributed by atoms with van der Waals surface area (Å²) in [5.41, 5.74) is 0. The van der Waals surface area contributed by atoms with Gasteiger partial charge in [-0.15, -0.1) is 0 Å². The molecule has 0 aromatic carbocycles. The Balaban J connectivity index is 3.90. The Morgan fingerprint density at radius 3 is 1.71 bits per heavy atom. The van der Waals surface area contributed by atoms with Crippen LogP contribution in [0.5, 0.6) is 0 Å². The molecule has 0 rings (SSSR count). The fourth-order valence-corrected chi connectivity index (χ4v) is 4.22. The number of amides is 1. The van der Waals surface area contributed by atoms with Gasteiger partial charge in [-0.25, -0.2) is 4.79 Å². The molecule has 0 bridgehead atoms. The van der Waals surface area contributed by atoms with Crippen LogP contribution in [0, 0.1) is 5.92 Å². The number of esters is 1. The zero-order chi connectivity index (χ0) is 26.2. The van der Waals surface area contributed by atoms with Crippen LogP contribution in [-0.2, 0) is 19.1 Å². The second-order valence-electron chi connectivity index (χ2n) is 10.5. The number of carbonyl (C=O) groups excluding carboxylic acids is 2. The minimum Gasteiger partial charge on any atom is -0.481 e. The third-order valence-electron chi connectivity index (χ3n) is 6.43. The maximum atomic E-state index is 12.3. The van der Waals surface area contributed by atoms with Crippen LogP contribution in [-0.4, -0.2) is 35.6 Å². The minimum atomic E-state index is -1.12. The second kappa shape index (κ2) is 24.1. The summed E-state index contributed by atoms with van der Waals surface area (Å²) in [5, 5.41) is 11.7. The predicted molar refractivity (Wildman–Crippen MR) is 143 cm³/mol. The van der Waals surface area contributed by atoms with E-state index in [2.05, 4.69) is 26.1 Å². The summed E-state index contributed by atoms with van der Waals surface area (Å²) in [5.74, 6) is -1.26. The summed E-state index contributed by atoms with van der Waals surface area (Å²) in [4.78, 5) is 35.7. The van der Waals surface area contributed by atoms with Gasteiger partial charge in [-0.3, -0.25) is 9.59 Å². The summed E-state index contributed by atoms with van der Waals surface area (Å²) in [6.07, 6.45) is 20.9. The molecule has 0 aromatic heterocycles. The van der Waals surface area contributed by atoms with Crippen LogP contribution in [0.25, 0.3) is 0 Å². The van der Waals surface area contributed by atoms with E-state index in [4.69, 9.17) is 9.84 Å². The average molecular weight is 498 g/mol. The quantitative estimate of drug-likeness (QED) is 0.100. The van der Waals surface area contributed by atoms with Crippen molar-refractivity contribution < 1.29 is 24.2 Å². The summed E-state index contributed by atoms with van der Waals surface area (Å²) in [6.45, 7) is 7.01. The van der Waals surface area contributed by atoms with Gasteiger partial charge < -0.3 is 15.2 Å². The maximum absolute atomic E-state index is 12.3. The van der Waals surface area contributed by atoms with Gasteiger partial charge in [0.05, 0.1) is 13.0 Å². The summed E-state index contributed by atoms with van der Waals surface area (Å²) < 4.78 is 5.27. The number of aliphatic carboxylic acids is 1. The van der Waals surface area contributed by atoms with Crippen LogP contribution < -0.4 is 5.32 Å². The normalized spacial score (nSPS) is 12.0. The van der Waals surface area contributed by atoms with E-state index in [0.29, 0.717) is 6.42 Å². The fourth-order valence-electron chi connectivity index (χ4n) is 4.22. The van der Waals surface area contributed by atoms with Gasteiger partial charge in [0, 0.05) is 6.42 Å². The van der Waals surface area contributed by atoms with E-state index in [9.17, 15) is 14.4 Å². The topological polar surface area (TPSA) is 92.7 Å². The van der Waals surface area contributed by atoms with Crippen molar-refractivity contribution in [2.24, 2.45) is 5.92 Å². The van der Waals surface area contributed by atoms with Crippen LogP contribution >= 0.6 is 0 Å². The molecule has 0 saturated heterocycles. The predicted octanol–water partition coefficient (Wildman–Crippen LogP) is 7.58. The zero-order valence-electron chi connectivity index (χ0n) is 23.1. The lowest BCUT2D eigenvalue weighted by molar-refractivity contribution is -0.151. The second-order valence-corrected chi connectivity index (χ2v) is 10.5. The van der Waals surface area contributed by atoms with E-state index in [-0.39, 0.29) is 12.5 Å². The highest BCUT2D eigenvalue weighted by Gasteiger charge is 2.24. The van der Waals surface area contributed by atoms with Crippen molar-refractivity contribution in [3.05, 3.63) is 0 Å². The largest absolute Gasteiger partial charge is 0.481 e. The molecule has 0 unspecified atom stereocenters. The van der Waals surface area contributed by atoms with E-state index < -0.39 is 24.4 Å². The number of nitrogens with one attached hydrogen (secondary N) is 1. The Bertz CT molecular complexity index is 535. The Kier molecular flexibility index (Phi) is 23.0. The third kappa shape index (κ3) is 23.9. The summed E-state index contributed by atoms with van der Waals surface area (Å²) in [7, 11) is 0. The van der Waals surface area contributed by atoms with Crippen molar-refractivity contribution >= 4 is 17.8 Å². The van der Waals surface area contributed by atoms with E-state index in [1.165, 1.54) is 77.0 Å². The molecule has 0 aliphatic rings. The Hall–Kier alpha value is -1.59. The van der Waals surface area contributed by atoms with Crippen molar-refractivity contribution in [2.75, 3.05) is 6.61 Å². The van der Waals surface area contributed by atoms with E-state index in [0.717, 1.165) is 44.4 Å². The van der Waals surface area contributed by atoms with Gasteiger partial charge in [0.25, 0.3) is 0 Å². The molecule has 1 atom stereocenters. The minimum absolute atomic E-state index is 0.273. The average Bonchev–Trinajstić information content (AvgIpc) is 2.80. The van der Waals surface area contributed by atoms with Crippen molar-refractivity contribution in [1.82, 2.24) is 5.32 Å². The molecule has 6 heteroatoms. The Morgan fingerprint density at radius 1 is 0.714 bits per heavy atom. The maximum Gasteiger partial charge on any atom is 0.329 e. The lowest BCUT2D eigenvalue weighted by atomic mass is 10.0. The van der Waals surface area contributed by atoms with Gasteiger partial charge in [-0.2, -0.15) is 0 Å². The molecule has 0 spiro atoms. The molecule has 0 aromatic rings. The van der Waals surface area contributed by atoms with Crippen LogP contribution in [0.15, 0.2) is 0 Å². The number of hydrogen-bond donors (Lipinski definition) is 2. The first-order valence-electron chi connectivity index (χ1n) is 14.5. The molecular formula is C29H55NO5. The van der Waals surface area contributed by atoms with Crippen molar-refractivity contribution in [2.45, 2.75) is 155 Å². The summed E-state index contributed by atoms with van der Waals surface area (Å²) >= 11 is 0. The van der Waals surface area contributed by atoms with E-state index in [1.54, 1.807) is 0 Å². The first-order chi connectivity index (χ1) is 16.9. The Morgan fingerprint density at radius 2 is 1.20 bits per heavy atom. The first kappa shape index (κ1) is 33.4. The molecule has 2 N–H and O–H groups in total. The van der Waals surface area contributed by atoms with Gasteiger partial charge in [0.2, 0.25) is 5.91 Å². The molecule has 35 heavy (non-hydrogen) atoms. The van der Waals surface area contributed by atoms with Crippen molar-refractivity contribution in [1.29, 1.82) is 0 Å². The third-order valence-corrected chi connectivity index (χ3v) is 6.43. The zero-order valence-corrected chi connectivity index (χ0v) is 23.1. The first-order valence-corrected chi connectivity index (χ1v) is 14.5. The highest BCUT2D eigenvalue weighted by atomic mass is 16.5. The summed E-state index contributed by atoms with van der Waals surface area (Å²) in [6, 6.07) is -1.11. The Labute approximate surface area is 215 Å². The lowest BCUT2D eigenvalue weighted by Crippen LogP contribution is -2.43. The highest BCUT2D eigenvalue weighted by molar-refractivity contribution is 5.87. The number of carbonyl (C=O) groups is 3. The number of unbranched alkanes of at least 4 members (excludes halogenated alkanes) is 15. The van der Waals surface area contributed by atoms with Crippen molar-refractivity contribution in [3.63, 3.8) is 0 Å². The molecule has 0 aliphatic heterocycles. The van der Waals surface area contributed by atoms with Gasteiger partial charge in [-0.1, -0.05) is 124 Å². The molecule has 0 saturated carbocycles. The number of carboxylic acid groups (broad SMARTS) is 1. The number of rotatable bonds is 25. The highest BCUT2D eigenvalue weighted by Crippen LogP contribution is 2.13. The standard InChI is InChI=1S/C29H55NO5/c1-4-5-6-7-8-9-10-13-16-19-22-27(31)30-26(24-28(32)33)29(34)35-23-20-17-14-11-12-15-18-21-25(2)3/h25-26H,4-24H2,1-3H3,(H,30,31)(H,32,33)/t26-/m0/s1. The molecule has 6 nitrogen and oxygen atoms in total. The van der Waals surface area contributed by atoms with Gasteiger partial charge in [0.1, 0.15) is 6.04 Å². The van der Waals surface area contributed by atoms with Gasteiger partial charge in [0.15, 0.2) is 0 Å². The van der Waals surface area contributed by atoms with Crippen LogP contribution in [0.4, 0.5) is 0 Å². The number of ether oxygens (including phenoxy) is 1. The molecular weight excluding hydrogens is 442 g/mol. The molecule has 0 aliphatic carbocycles. The van der Waals surface area contributed by atoms with Gasteiger partial charge >= 0.3 is 11.9 Å². The molecule has 1 amide bonds. The van der Waals surface area contributed by atoms with Crippen LogP contribution in [0.1, 0.15) is 149 Å². The smallest absolute Gasteiger partial charge is 0.329 e. The molecule has 0 fully saturated rings. The molecule has 0 radical (unpaired) electrons. The molecule has 0 heterocycles. The van der Waals surface area contributed by atoms with Gasteiger partial charge in [-0.05, 0) is 18.8 Å². The van der Waals surface area contributed by atoms with Crippen LogP contribution in [0.2, 0.25) is 0 Å². The van der Waals surface area contributed by atoms with Crippen LogP contribution in [0.3, 0.4) is 0 Å². The number of carboxylic acids is 1. The molecule has 206 valence electrons. The fraction of sp³-hybridized carbons (Fsp3) is 0.897. The number of hydrogen-bond acceptors (Lipinski definition) is 4. The monoisotopic (exact) mass is 497 g/mol. The van der Waals surface area contributed by atoms with E-state index >= 15 is 0 Å².